The molecule has 1 amide bonds. The Balaban J connectivity index is 1.33. The summed E-state index contributed by atoms with van der Waals surface area (Å²) in [6.45, 7) is 4.73. The molecule has 1 aromatic carbocycles. The van der Waals surface area contributed by atoms with Gasteiger partial charge in [0, 0.05) is 37.0 Å². The second-order valence-corrected chi connectivity index (χ2v) is 8.26. The van der Waals surface area contributed by atoms with Gasteiger partial charge >= 0.3 is 5.97 Å². The highest BCUT2D eigenvalue weighted by Crippen LogP contribution is 2.30. The molecule has 0 unspecified atom stereocenters. The Morgan fingerprint density at radius 2 is 1.97 bits per heavy atom. The zero-order chi connectivity index (χ0) is 22.1. The topological polar surface area (TPSA) is 88.8 Å². The van der Waals surface area contributed by atoms with Crippen molar-refractivity contribution >= 4 is 28.7 Å². The Morgan fingerprint density at radius 3 is 2.75 bits per heavy atom. The monoisotopic (exact) mass is 434 g/mol. The van der Waals surface area contributed by atoms with E-state index in [0.29, 0.717) is 37.5 Å². The van der Waals surface area contributed by atoms with Crippen LogP contribution in [0.1, 0.15) is 41.6 Å². The smallest absolute Gasteiger partial charge is 0.309 e. The predicted molar refractivity (Wildman–Crippen MR) is 118 cm³/mol. The number of hydrogen-bond acceptors (Lipinski definition) is 7. The number of carbonyl (C=O) groups excluding carboxylic acids is 2. The van der Waals surface area contributed by atoms with Crippen LogP contribution in [-0.2, 0) is 22.5 Å². The maximum atomic E-state index is 13.2. The summed E-state index contributed by atoms with van der Waals surface area (Å²) in [5, 5.41) is 0.918. The number of esters is 1. The maximum absolute atomic E-state index is 13.2. The van der Waals surface area contributed by atoms with Crippen molar-refractivity contribution in [3.63, 3.8) is 0 Å². The quantitative estimate of drug-likeness (QED) is 0.583. The van der Waals surface area contributed by atoms with Gasteiger partial charge in [-0.2, -0.15) is 0 Å². The van der Waals surface area contributed by atoms with E-state index in [9.17, 15) is 9.59 Å². The molecular weight excluding hydrogens is 408 g/mol. The normalized spacial score (nSPS) is 16.8. The van der Waals surface area contributed by atoms with Crippen molar-refractivity contribution in [3.8, 4) is 0 Å². The van der Waals surface area contributed by atoms with Gasteiger partial charge < -0.3 is 19.0 Å². The summed E-state index contributed by atoms with van der Waals surface area (Å²) in [6, 6.07) is 9.43. The molecule has 0 saturated carbocycles. The van der Waals surface area contributed by atoms with Crippen molar-refractivity contribution in [1.82, 2.24) is 14.9 Å². The fourth-order valence-corrected chi connectivity index (χ4v) is 4.60. The highest BCUT2D eigenvalue weighted by Gasteiger charge is 2.31. The second kappa shape index (κ2) is 8.61. The molecular formula is C24H26N4O4. The van der Waals surface area contributed by atoms with Gasteiger partial charge in [0.05, 0.1) is 24.8 Å². The summed E-state index contributed by atoms with van der Waals surface area (Å²) in [5.74, 6) is 0.917. The van der Waals surface area contributed by atoms with Crippen LogP contribution in [0.4, 0.5) is 5.82 Å². The van der Waals surface area contributed by atoms with Crippen molar-refractivity contribution in [2.24, 2.45) is 5.92 Å². The van der Waals surface area contributed by atoms with Gasteiger partial charge in [0.2, 0.25) is 0 Å². The zero-order valence-electron chi connectivity index (χ0n) is 18.1. The van der Waals surface area contributed by atoms with Crippen molar-refractivity contribution < 1.29 is 18.7 Å². The minimum absolute atomic E-state index is 0.0602. The Kier molecular flexibility index (Phi) is 5.51. The summed E-state index contributed by atoms with van der Waals surface area (Å²) >= 11 is 0. The lowest BCUT2D eigenvalue weighted by Crippen LogP contribution is -2.41. The van der Waals surface area contributed by atoms with E-state index < -0.39 is 0 Å². The van der Waals surface area contributed by atoms with Crippen LogP contribution in [0.5, 0.6) is 0 Å². The van der Waals surface area contributed by atoms with E-state index in [-0.39, 0.29) is 17.8 Å². The number of hydrogen-bond donors (Lipinski definition) is 0. The highest BCUT2D eigenvalue weighted by molar-refractivity contribution is 5.96. The molecule has 0 spiro atoms. The molecule has 166 valence electrons. The number of aromatic nitrogens is 2. The molecule has 8 nitrogen and oxygen atoms in total. The van der Waals surface area contributed by atoms with Gasteiger partial charge in [-0.15, -0.1) is 0 Å². The highest BCUT2D eigenvalue weighted by atomic mass is 16.5. The number of furan rings is 1. The first-order chi connectivity index (χ1) is 15.6. The predicted octanol–water partition coefficient (Wildman–Crippen LogP) is 3.20. The lowest BCUT2D eigenvalue weighted by molar-refractivity contribution is -0.148. The average Bonchev–Trinajstić information content (AvgIpc) is 3.27. The first-order valence-corrected chi connectivity index (χ1v) is 11.2. The Hall–Kier alpha value is -3.42. The number of para-hydroxylation sites is 1. The summed E-state index contributed by atoms with van der Waals surface area (Å²) in [4.78, 5) is 38.3. The van der Waals surface area contributed by atoms with E-state index in [0.717, 1.165) is 48.4 Å². The molecule has 2 aromatic heterocycles. The average molecular weight is 434 g/mol. The first-order valence-electron chi connectivity index (χ1n) is 11.2. The molecule has 2 aliphatic heterocycles. The molecule has 0 radical (unpaired) electrons. The third-order valence-corrected chi connectivity index (χ3v) is 6.32. The molecule has 3 aromatic rings. The molecule has 0 atom stereocenters. The number of rotatable bonds is 4. The van der Waals surface area contributed by atoms with Crippen molar-refractivity contribution in [2.75, 3.05) is 31.1 Å². The molecule has 1 saturated heterocycles. The van der Waals surface area contributed by atoms with Crippen LogP contribution in [0, 0.1) is 5.92 Å². The number of anilines is 1. The van der Waals surface area contributed by atoms with E-state index >= 15 is 0 Å². The minimum Gasteiger partial charge on any atom is -0.466 e. The third kappa shape index (κ3) is 3.81. The number of benzene rings is 1. The Labute approximate surface area is 186 Å². The van der Waals surface area contributed by atoms with Crippen LogP contribution in [0.3, 0.4) is 0 Å². The number of piperidine rings is 1. The lowest BCUT2D eigenvalue weighted by atomic mass is 9.96. The van der Waals surface area contributed by atoms with Crippen LogP contribution in [0.25, 0.3) is 11.0 Å². The van der Waals surface area contributed by atoms with Gasteiger partial charge in [-0.3, -0.25) is 9.59 Å². The molecule has 4 heterocycles. The molecule has 8 heteroatoms. The molecule has 32 heavy (non-hydrogen) atoms. The van der Waals surface area contributed by atoms with Gasteiger partial charge in [-0.05, 0) is 31.9 Å². The van der Waals surface area contributed by atoms with Gasteiger partial charge in [0.15, 0.2) is 5.76 Å². The van der Waals surface area contributed by atoms with Gasteiger partial charge in [-0.1, -0.05) is 18.2 Å². The summed E-state index contributed by atoms with van der Waals surface area (Å²) in [6.07, 6.45) is 3.75. The second-order valence-electron chi connectivity index (χ2n) is 8.26. The largest absolute Gasteiger partial charge is 0.466 e. The third-order valence-electron chi connectivity index (χ3n) is 6.32. The molecule has 0 aliphatic carbocycles. The lowest BCUT2D eigenvalue weighted by Gasteiger charge is -2.35. The van der Waals surface area contributed by atoms with Crippen molar-refractivity contribution in [1.29, 1.82) is 0 Å². The Bertz CT molecular complexity index is 1120. The first kappa shape index (κ1) is 20.5. The molecule has 2 aliphatic rings. The number of fused-ring (bicyclic) bond motifs is 2. The van der Waals surface area contributed by atoms with Crippen LogP contribution in [-0.4, -0.2) is 53.0 Å². The zero-order valence-corrected chi connectivity index (χ0v) is 18.1. The van der Waals surface area contributed by atoms with E-state index in [1.165, 1.54) is 0 Å². The Morgan fingerprint density at radius 1 is 1.16 bits per heavy atom. The summed E-state index contributed by atoms with van der Waals surface area (Å²) in [7, 11) is 0. The van der Waals surface area contributed by atoms with E-state index in [1.807, 2.05) is 31.2 Å². The summed E-state index contributed by atoms with van der Waals surface area (Å²) in [5.41, 5.74) is 2.68. The van der Waals surface area contributed by atoms with Crippen LogP contribution >= 0.6 is 0 Å². The fourth-order valence-electron chi connectivity index (χ4n) is 4.60. The number of amides is 1. The molecule has 0 N–H and O–H groups in total. The van der Waals surface area contributed by atoms with Crippen LogP contribution < -0.4 is 4.90 Å². The van der Waals surface area contributed by atoms with Gasteiger partial charge in [0.25, 0.3) is 5.91 Å². The number of nitrogens with zero attached hydrogens (tertiary/aromatic N) is 4. The van der Waals surface area contributed by atoms with E-state index in [1.54, 1.807) is 17.3 Å². The molecule has 1 fully saturated rings. The molecule has 0 bridgehead atoms. The standard InChI is InChI=1S/C24H26N4O4/c1-2-31-24(30)16-7-10-27(11-8-16)22-18-14-28(12-9-19(18)25-15-26-22)23(29)21-13-17-5-3-4-6-20(17)32-21/h3-6,13,15-16H,2,7-12,14H2,1H3. The maximum Gasteiger partial charge on any atom is 0.309 e. The number of ether oxygens (including phenoxy) is 1. The fraction of sp³-hybridized carbons (Fsp3) is 0.417. The van der Waals surface area contributed by atoms with Crippen LogP contribution in [0.15, 0.2) is 41.1 Å². The van der Waals surface area contributed by atoms with Gasteiger partial charge in [0.1, 0.15) is 17.7 Å². The van der Waals surface area contributed by atoms with Gasteiger partial charge in [-0.25, -0.2) is 9.97 Å². The van der Waals surface area contributed by atoms with E-state index in [4.69, 9.17) is 9.15 Å². The minimum atomic E-state index is -0.123. The SMILES string of the molecule is CCOC(=O)C1CCN(c2ncnc3c2CN(C(=O)c2cc4ccccc4o2)CC3)CC1. The van der Waals surface area contributed by atoms with E-state index in [2.05, 4.69) is 14.9 Å². The van der Waals surface area contributed by atoms with Crippen molar-refractivity contribution in [2.45, 2.75) is 32.7 Å². The summed E-state index contributed by atoms with van der Waals surface area (Å²) < 4.78 is 11.0. The van der Waals surface area contributed by atoms with Crippen LogP contribution in [0.2, 0.25) is 0 Å². The number of carbonyl (C=O) groups is 2. The van der Waals surface area contributed by atoms with Crippen molar-refractivity contribution in [3.05, 3.63) is 53.7 Å². The molecule has 5 rings (SSSR count).